The molecule has 0 aliphatic rings. The van der Waals surface area contributed by atoms with Crippen molar-refractivity contribution in [3.8, 4) is 28.7 Å². The van der Waals surface area contributed by atoms with Crippen molar-refractivity contribution < 1.29 is 24.5 Å². The number of carboxylic acids is 1. The fourth-order valence-electron chi connectivity index (χ4n) is 3.86. The van der Waals surface area contributed by atoms with E-state index in [4.69, 9.17) is 16.3 Å². The molecule has 2 aromatic heterocycles. The van der Waals surface area contributed by atoms with Crippen molar-refractivity contribution in [3.63, 3.8) is 0 Å². The van der Waals surface area contributed by atoms with Crippen molar-refractivity contribution in [3.05, 3.63) is 65.2 Å². The van der Waals surface area contributed by atoms with E-state index in [2.05, 4.69) is 16.4 Å². The third-order valence-electron chi connectivity index (χ3n) is 6.38. The Balaban J connectivity index is 1.95. The number of hydrogen-bond donors (Lipinski definition) is 3. The van der Waals surface area contributed by atoms with Crippen LogP contribution in [0.15, 0.2) is 48.9 Å². The summed E-state index contributed by atoms with van der Waals surface area (Å²) in [5, 5.41) is 33.0. The van der Waals surface area contributed by atoms with Gasteiger partial charge in [-0.3, -0.25) is 4.79 Å². The summed E-state index contributed by atoms with van der Waals surface area (Å²) in [6.07, 6.45) is 4.64. The first-order valence-corrected chi connectivity index (χ1v) is 11.1. The molecule has 3 atom stereocenters. The number of methoxy groups -OCH3 is 1. The highest BCUT2D eigenvalue weighted by Crippen LogP contribution is 2.36. The van der Waals surface area contributed by atoms with E-state index < -0.39 is 35.1 Å². The number of carbonyl (C=O) groups is 2. The average Bonchev–Trinajstić information content (AvgIpc) is 3.27. The standard InChI is InChI=1S/C25H25ClN4O5/c1-14(15(2)30-12-16(11-27)18(13-30)17-7-5-6-8-19(17)26)25(3,24(33)34)29-23(32)21-22(31)20(35-4)9-10-28-21/h5-10,12-15,31H,1-4H3,(H,29,32)(H,33,34)/t14?,15?,25-/m0/s1. The summed E-state index contributed by atoms with van der Waals surface area (Å²) in [6, 6.07) is 10.2. The van der Waals surface area contributed by atoms with E-state index in [0.717, 1.165) is 0 Å². The van der Waals surface area contributed by atoms with Crippen LogP contribution >= 0.6 is 11.6 Å². The van der Waals surface area contributed by atoms with Crippen LogP contribution in [0.25, 0.3) is 11.1 Å². The maximum Gasteiger partial charge on any atom is 0.329 e. The minimum Gasteiger partial charge on any atom is -0.503 e. The van der Waals surface area contributed by atoms with E-state index in [1.54, 1.807) is 49.0 Å². The number of carboxylic acid groups (broad SMARTS) is 1. The number of aromatic hydroxyl groups is 1. The van der Waals surface area contributed by atoms with Gasteiger partial charge in [0.25, 0.3) is 5.91 Å². The zero-order valence-corrected chi connectivity index (χ0v) is 20.4. The number of benzene rings is 1. The number of nitrogens with zero attached hydrogens (tertiary/aromatic N) is 3. The summed E-state index contributed by atoms with van der Waals surface area (Å²) in [5.74, 6) is -3.27. The number of carbonyl (C=O) groups excluding carboxylic acids is 1. The van der Waals surface area contributed by atoms with Crippen molar-refractivity contribution in [2.45, 2.75) is 32.4 Å². The first-order chi connectivity index (χ1) is 16.5. The number of nitriles is 1. The summed E-state index contributed by atoms with van der Waals surface area (Å²) < 4.78 is 6.73. The van der Waals surface area contributed by atoms with E-state index in [1.165, 1.54) is 26.3 Å². The molecule has 0 aliphatic heterocycles. The highest BCUT2D eigenvalue weighted by molar-refractivity contribution is 6.33. The molecule has 10 heteroatoms. The molecule has 3 rings (SSSR count). The Kier molecular flexibility index (Phi) is 7.37. The van der Waals surface area contributed by atoms with Crippen LogP contribution in [0.5, 0.6) is 11.5 Å². The minimum atomic E-state index is -1.75. The lowest BCUT2D eigenvalue weighted by atomic mass is 9.81. The van der Waals surface area contributed by atoms with Crippen LogP contribution in [0.1, 0.15) is 42.9 Å². The zero-order chi connectivity index (χ0) is 25.9. The van der Waals surface area contributed by atoms with Crippen LogP contribution in [0.2, 0.25) is 5.02 Å². The lowest BCUT2D eigenvalue weighted by Gasteiger charge is -2.36. The predicted molar refractivity (Wildman–Crippen MR) is 129 cm³/mol. The molecule has 0 radical (unpaired) electrons. The monoisotopic (exact) mass is 496 g/mol. The topological polar surface area (TPSA) is 137 Å². The second-order valence-corrected chi connectivity index (χ2v) is 8.73. The SMILES string of the molecule is COc1ccnc(C(=O)N[C@](C)(C(=O)O)C(C)C(C)n2cc(C#N)c(-c3ccccc3Cl)c2)c1O. The third-order valence-corrected chi connectivity index (χ3v) is 6.70. The molecule has 182 valence electrons. The van der Waals surface area contributed by atoms with Crippen molar-refractivity contribution in [2.75, 3.05) is 7.11 Å². The highest BCUT2D eigenvalue weighted by Gasteiger charge is 2.44. The van der Waals surface area contributed by atoms with Crippen molar-refractivity contribution in [1.29, 1.82) is 5.26 Å². The van der Waals surface area contributed by atoms with Crippen LogP contribution in [-0.2, 0) is 4.79 Å². The molecule has 0 saturated carbocycles. The third kappa shape index (κ3) is 4.79. The van der Waals surface area contributed by atoms with Gasteiger partial charge in [-0.25, -0.2) is 9.78 Å². The number of nitrogens with one attached hydrogen (secondary N) is 1. The first kappa shape index (κ1) is 25.6. The zero-order valence-electron chi connectivity index (χ0n) is 19.6. The van der Waals surface area contributed by atoms with Crippen molar-refractivity contribution in [1.82, 2.24) is 14.9 Å². The second kappa shape index (κ2) is 10.1. The number of hydrogen-bond acceptors (Lipinski definition) is 6. The van der Waals surface area contributed by atoms with Gasteiger partial charge in [-0.15, -0.1) is 0 Å². The molecular weight excluding hydrogens is 472 g/mol. The minimum absolute atomic E-state index is 0.0343. The fourth-order valence-corrected chi connectivity index (χ4v) is 4.10. The smallest absolute Gasteiger partial charge is 0.329 e. The van der Waals surface area contributed by atoms with Gasteiger partial charge in [0.2, 0.25) is 0 Å². The molecule has 0 spiro atoms. The van der Waals surface area contributed by atoms with Gasteiger partial charge in [-0.1, -0.05) is 36.7 Å². The number of pyridine rings is 1. The maximum absolute atomic E-state index is 12.9. The number of aromatic nitrogens is 2. The molecule has 0 saturated heterocycles. The molecule has 2 heterocycles. The number of rotatable bonds is 8. The van der Waals surface area contributed by atoms with Gasteiger partial charge in [-0.05, 0) is 19.9 Å². The predicted octanol–water partition coefficient (Wildman–Crippen LogP) is 4.26. The molecule has 1 aromatic carbocycles. The Bertz CT molecular complexity index is 1320. The van der Waals surface area contributed by atoms with Gasteiger partial charge in [0, 0.05) is 52.8 Å². The van der Waals surface area contributed by atoms with E-state index in [0.29, 0.717) is 21.7 Å². The van der Waals surface area contributed by atoms with Gasteiger partial charge in [0.05, 0.1) is 12.7 Å². The molecule has 0 bridgehead atoms. The molecule has 35 heavy (non-hydrogen) atoms. The Labute approximate surface area is 207 Å². The largest absolute Gasteiger partial charge is 0.503 e. The Morgan fingerprint density at radius 2 is 1.91 bits per heavy atom. The van der Waals surface area contributed by atoms with Crippen LogP contribution in [0, 0.1) is 17.2 Å². The van der Waals surface area contributed by atoms with Crippen molar-refractivity contribution >= 4 is 23.5 Å². The molecule has 3 aromatic rings. The lowest BCUT2D eigenvalue weighted by molar-refractivity contribution is -0.146. The molecule has 1 amide bonds. The Morgan fingerprint density at radius 1 is 1.23 bits per heavy atom. The van der Waals surface area contributed by atoms with Gasteiger partial charge in [0.1, 0.15) is 11.6 Å². The number of halogens is 1. The van der Waals surface area contributed by atoms with E-state index in [9.17, 15) is 25.1 Å². The van der Waals surface area contributed by atoms with Gasteiger partial charge >= 0.3 is 5.97 Å². The second-order valence-electron chi connectivity index (χ2n) is 8.33. The van der Waals surface area contributed by atoms with Crippen LogP contribution in [0.4, 0.5) is 0 Å². The molecule has 2 unspecified atom stereocenters. The number of aliphatic carboxylic acids is 1. The van der Waals surface area contributed by atoms with Gasteiger partial charge in [0.15, 0.2) is 17.2 Å². The summed E-state index contributed by atoms with van der Waals surface area (Å²) in [7, 11) is 1.32. The quantitative estimate of drug-likeness (QED) is 0.423. The summed E-state index contributed by atoms with van der Waals surface area (Å²) in [5.41, 5.74) is -0.439. The summed E-state index contributed by atoms with van der Waals surface area (Å²) in [6.45, 7) is 4.85. The first-order valence-electron chi connectivity index (χ1n) is 10.7. The van der Waals surface area contributed by atoms with E-state index in [1.807, 2.05) is 6.07 Å². The van der Waals surface area contributed by atoms with E-state index >= 15 is 0 Å². The summed E-state index contributed by atoms with van der Waals surface area (Å²) in [4.78, 5) is 29.2. The Hall–Kier alpha value is -4.03. The maximum atomic E-state index is 12.9. The van der Waals surface area contributed by atoms with Crippen molar-refractivity contribution in [2.24, 2.45) is 5.92 Å². The molecule has 0 fully saturated rings. The number of ether oxygens (including phenoxy) is 1. The lowest BCUT2D eigenvalue weighted by Crippen LogP contribution is -2.58. The van der Waals surface area contributed by atoms with Crippen LogP contribution < -0.4 is 10.1 Å². The van der Waals surface area contributed by atoms with E-state index in [-0.39, 0.29) is 11.4 Å². The van der Waals surface area contributed by atoms with Gasteiger partial charge < -0.3 is 24.8 Å². The molecule has 3 N–H and O–H groups in total. The van der Waals surface area contributed by atoms with Crippen LogP contribution in [-0.4, -0.2) is 44.3 Å². The Morgan fingerprint density at radius 3 is 2.51 bits per heavy atom. The molecule has 9 nitrogen and oxygen atoms in total. The van der Waals surface area contributed by atoms with Crippen LogP contribution in [0.3, 0.4) is 0 Å². The molecular formula is C25H25ClN4O5. The average molecular weight is 497 g/mol. The molecule has 0 aliphatic carbocycles. The normalized spacial score (nSPS) is 14.3. The van der Waals surface area contributed by atoms with Gasteiger partial charge in [-0.2, -0.15) is 5.26 Å². The summed E-state index contributed by atoms with van der Waals surface area (Å²) >= 11 is 6.32. The fraction of sp³-hybridized carbons (Fsp3) is 0.280. The highest BCUT2D eigenvalue weighted by atomic mass is 35.5. The number of amides is 1.